The maximum absolute atomic E-state index is 10.6. The van der Waals surface area contributed by atoms with E-state index in [0.717, 1.165) is 10.1 Å². The largest absolute Gasteiger partial charge is 0.478 e. The summed E-state index contributed by atoms with van der Waals surface area (Å²) in [6.07, 6.45) is 0. The van der Waals surface area contributed by atoms with Crippen molar-refractivity contribution in [3.8, 4) is 0 Å². The number of hydrogen-bond acceptors (Lipinski definition) is 3. The van der Waals surface area contributed by atoms with E-state index in [0.29, 0.717) is 5.15 Å². The Labute approximate surface area is 82.7 Å². The lowest BCUT2D eigenvalue weighted by Gasteiger charge is -1.92. The van der Waals surface area contributed by atoms with Crippen LogP contribution in [0, 0.1) is 0 Å². The third-order valence-corrected chi connectivity index (χ3v) is 2.87. The highest BCUT2D eigenvalue weighted by Gasteiger charge is 2.07. The molecule has 13 heavy (non-hydrogen) atoms. The molecule has 0 spiro atoms. The van der Waals surface area contributed by atoms with E-state index in [1.165, 1.54) is 17.6 Å². The van der Waals surface area contributed by atoms with Gasteiger partial charge in [0.15, 0.2) is 5.15 Å². The molecule has 66 valence electrons. The van der Waals surface area contributed by atoms with Gasteiger partial charge in [-0.05, 0) is 29.7 Å². The van der Waals surface area contributed by atoms with Crippen molar-refractivity contribution >= 4 is 39.2 Å². The smallest absolute Gasteiger partial charge is 0.335 e. The molecule has 0 radical (unpaired) electrons. The number of rotatable bonds is 1. The van der Waals surface area contributed by atoms with Gasteiger partial charge >= 0.3 is 5.97 Å². The van der Waals surface area contributed by atoms with E-state index in [-0.39, 0.29) is 5.56 Å². The normalized spacial score (nSPS) is 10.5. The number of aromatic carboxylic acids is 1. The van der Waals surface area contributed by atoms with Gasteiger partial charge in [-0.2, -0.15) is 4.37 Å². The van der Waals surface area contributed by atoms with Gasteiger partial charge in [-0.3, -0.25) is 0 Å². The van der Waals surface area contributed by atoms with Gasteiger partial charge in [0.2, 0.25) is 0 Å². The van der Waals surface area contributed by atoms with E-state index in [4.69, 9.17) is 16.7 Å². The Hall–Kier alpha value is -1.13. The molecule has 0 aliphatic carbocycles. The molecule has 0 saturated heterocycles. The first-order valence-corrected chi connectivity index (χ1v) is 4.62. The van der Waals surface area contributed by atoms with Crippen LogP contribution in [0.5, 0.6) is 0 Å². The predicted molar refractivity (Wildman–Crippen MR) is 51.6 cm³/mol. The minimum absolute atomic E-state index is 0.257. The average Bonchev–Trinajstić information content (AvgIpc) is 2.47. The van der Waals surface area contributed by atoms with Crippen LogP contribution in [-0.4, -0.2) is 15.4 Å². The molecular weight excluding hydrogens is 210 g/mol. The number of carboxylic acid groups (broad SMARTS) is 1. The van der Waals surface area contributed by atoms with Crippen molar-refractivity contribution in [2.45, 2.75) is 0 Å². The number of carboxylic acids is 1. The van der Waals surface area contributed by atoms with Crippen LogP contribution >= 0.6 is 23.1 Å². The number of hydrogen-bond donors (Lipinski definition) is 1. The van der Waals surface area contributed by atoms with E-state index >= 15 is 0 Å². The summed E-state index contributed by atoms with van der Waals surface area (Å²) < 4.78 is 4.71. The summed E-state index contributed by atoms with van der Waals surface area (Å²) >= 11 is 6.96. The molecule has 3 nitrogen and oxygen atoms in total. The van der Waals surface area contributed by atoms with E-state index in [1.807, 2.05) is 0 Å². The Bertz CT molecular complexity index is 480. The molecule has 2 rings (SSSR count). The van der Waals surface area contributed by atoms with Gasteiger partial charge < -0.3 is 5.11 Å². The Morgan fingerprint density at radius 3 is 3.00 bits per heavy atom. The zero-order valence-electron chi connectivity index (χ0n) is 6.32. The van der Waals surface area contributed by atoms with Crippen LogP contribution in [0.3, 0.4) is 0 Å². The Morgan fingerprint density at radius 1 is 1.54 bits per heavy atom. The van der Waals surface area contributed by atoms with E-state index in [9.17, 15) is 4.79 Å². The highest BCUT2D eigenvalue weighted by molar-refractivity contribution is 7.13. The van der Waals surface area contributed by atoms with Gasteiger partial charge in [0.1, 0.15) is 0 Å². The zero-order chi connectivity index (χ0) is 9.42. The number of benzene rings is 1. The fourth-order valence-electron chi connectivity index (χ4n) is 1.04. The molecule has 0 fully saturated rings. The van der Waals surface area contributed by atoms with Crippen molar-refractivity contribution in [2.75, 3.05) is 0 Å². The summed E-state index contributed by atoms with van der Waals surface area (Å²) in [6.45, 7) is 0. The second-order valence-corrected chi connectivity index (χ2v) is 3.65. The number of halogens is 1. The first-order valence-electron chi connectivity index (χ1n) is 3.47. The summed E-state index contributed by atoms with van der Waals surface area (Å²) in [4.78, 5) is 10.6. The van der Waals surface area contributed by atoms with Crippen LogP contribution in [0.4, 0.5) is 0 Å². The molecule has 1 aromatic heterocycles. The minimum atomic E-state index is -0.938. The summed E-state index contributed by atoms with van der Waals surface area (Å²) in [5, 5.41) is 9.93. The van der Waals surface area contributed by atoms with E-state index < -0.39 is 5.97 Å². The third-order valence-electron chi connectivity index (χ3n) is 1.67. The lowest BCUT2D eigenvalue weighted by molar-refractivity contribution is 0.0697. The van der Waals surface area contributed by atoms with Gasteiger partial charge in [-0.25, -0.2) is 4.79 Å². The summed E-state index contributed by atoms with van der Waals surface area (Å²) in [7, 11) is 0. The first-order chi connectivity index (χ1) is 6.18. The highest BCUT2D eigenvalue weighted by Crippen LogP contribution is 2.27. The van der Waals surface area contributed by atoms with Gasteiger partial charge in [-0.1, -0.05) is 11.6 Å². The maximum atomic E-state index is 10.6. The van der Waals surface area contributed by atoms with Crippen molar-refractivity contribution in [1.82, 2.24) is 4.37 Å². The Kier molecular flexibility index (Phi) is 1.94. The highest BCUT2D eigenvalue weighted by atomic mass is 35.5. The molecule has 0 aliphatic rings. The molecule has 5 heteroatoms. The molecule has 1 N–H and O–H groups in total. The third kappa shape index (κ3) is 1.38. The Morgan fingerprint density at radius 2 is 2.31 bits per heavy atom. The second-order valence-electron chi connectivity index (χ2n) is 2.49. The quantitative estimate of drug-likeness (QED) is 0.792. The molecule has 2 aromatic rings. The molecule has 0 saturated carbocycles. The van der Waals surface area contributed by atoms with Crippen LogP contribution in [0.15, 0.2) is 18.2 Å². The van der Waals surface area contributed by atoms with Gasteiger partial charge in [0.25, 0.3) is 0 Å². The van der Waals surface area contributed by atoms with Gasteiger partial charge in [-0.15, -0.1) is 0 Å². The van der Waals surface area contributed by atoms with Crippen molar-refractivity contribution in [3.05, 3.63) is 28.9 Å². The lowest BCUT2D eigenvalue weighted by atomic mass is 10.2. The molecule has 1 aromatic carbocycles. The predicted octanol–water partition coefficient (Wildman–Crippen LogP) is 2.65. The number of fused-ring (bicyclic) bond motifs is 1. The van der Waals surface area contributed by atoms with Crippen molar-refractivity contribution < 1.29 is 9.90 Å². The van der Waals surface area contributed by atoms with Crippen LogP contribution < -0.4 is 0 Å². The molecule has 0 unspecified atom stereocenters. The average molecular weight is 214 g/mol. The topological polar surface area (TPSA) is 50.2 Å². The van der Waals surface area contributed by atoms with Crippen LogP contribution in [0.2, 0.25) is 5.15 Å². The molecule has 0 bridgehead atoms. The monoisotopic (exact) mass is 213 g/mol. The number of carbonyl (C=O) groups is 1. The zero-order valence-corrected chi connectivity index (χ0v) is 7.89. The number of aromatic nitrogens is 1. The molecule has 0 atom stereocenters. The SMILES string of the molecule is O=C(O)c1ccc2c(Cl)nsc2c1. The summed E-state index contributed by atoms with van der Waals surface area (Å²) in [5.41, 5.74) is 0.257. The van der Waals surface area contributed by atoms with Gasteiger partial charge in [0.05, 0.1) is 10.3 Å². The van der Waals surface area contributed by atoms with Crippen molar-refractivity contribution in [1.29, 1.82) is 0 Å². The number of nitrogens with zero attached hydrogens (tertiary/aromatic N) is 1. The summed E-state index contributed by atoms with van der Waals surface area (Å²) in [6, 6.07) is 4.76. The van der Waals surface area contributed by atoms with Crippen molar-refractivity contribution in [3.63, 3.8) is 0 Å². The fourth-order valence-corrected chi connectivity index (χ4v) is 2.08. The summed E-state index contributed by atoms with van der Waals surface area (Å²) in [5.74, 6) is -0.938. The lowest BCUT2D eigenvalue weighted by Crippen LogP contribution is -1.94. The van der Waals surface area contributed by atoms with E-state index in [1.54, 1.807) is 12.1 Å². The van der Waals surface area contributed by atoms with E-state index in [2.05, 4.69) is 4.37 Å². The minimum Gasteiger partial charge on any atom is -0.478 e. The molecular formula is C8H4ClNO2S. The fraction of sp³-hybridized carbons (Fsp3) is 0. The molecule has 0 amide bonds. The van der Waals surface area contributed by atoms with Crippen LogP contribution in [0.25, 0.3) is 10.1 Å². The second kappa shape index (κ2) is 2.97. The Balaban J connectivity index is 2.70. The van der Waals surface area contributed by atoms with Crippen molar-refractivity contribution in [2.24, 2.45) is 0 Å². The van der Waals surface area contributed by atoms with Gasteiger partial charge in [0, 0.05) is 5.39 Å². The van der Waals surface area contributed by atoms with Crippen LogP contribution in [-0.2, 0) is 0 Å². The first kappa shape index (κ1) is 8.47. The standard InChI is InChI=1S/C8H4ClNO2S/c9-7-5-2-1-4(8(11)12)3-6(5)13-10-7/h1-3H,(H,11,12). The molecule has 0 aliphatic heterocycles. The molecule has 1 heterocycles. The van der Waals surface area contributed by atoms with Crippen LogP contribution in [0.1, 0.15) is 10.4 Å². The maximum Gasteiger partial charge on any atom is 0.335 e.